The number of carbonyl (C=O) groups excluding carboxylic acids is 1. The number of hydrogen-bond donors (Lipinski definition) is 3. The molecular weight excluding hydrogens is 464 g/mol. The van der Waals surface area contributed by atoms with Crippen molar-refractivity contribution in [3.05, 3.63) is 54.7 Å². The Hall–Kier alpha value is -4.58. The standard InChI is InChI=1S/C24H26N8O4/c1-4-19(34)16-11-25-20(30-21-12-27-22(13-26-21)36-9-8-33)10-18(16)29-17-7-5-6-15(23(17)35-3)24-28-14-32(2)31-24/h5-7,10-14,33H,4,8-9H2,1-3H3,(H2,25,26,29,30). The van der Waals surface area contributed by atoms with Crippen LogP contribution in [0.3, 0.4) is 0 Å². The predicted molar refractivity (Wildman–Crippen MR) is 133 cm³/mol. The van der Waals surface area contributed by atoms with Crippen LogP contribution in [0.4, 0.5) is 23.0 Å². The number of aromatic nitrogens is 6. The largest absolute Gasteiger partial charge is 0.494 e. The summed E-state index contributed by atoms with van der Waals surface area (Å²) in [7, 11) is 3.36. The molecule has 0 amide bonds. The number of para-hydroxylation sites is 1. The average molecular weight is 491 g/mol. The molecule has 0 bridgehead atoms. The molecule has 0 saturated heterocycles. The Morgan fingerprint density at radius 2 is 1.89 bits per heavy atom. The molecule has 0 saturated carbocycles. The van der Waals surface area contributed by atoms with E-state index < -0.39 is 0 Å². The van der Waals surface area contributed by atoms with Crippen LogP contribution >= 0.6 is 0 Å². The highest BCUT2D eigenvalue weighted by atomic mass is 16.5. The van der Waals surface area contributed by atoms with Gasteiger partial charge >= 0.3 is 0 Å². The van der Waals surface area contributed by atoms with Crippen molar-refractivity contribution in [3.63, 3.8) is 0 Å². The normalized spacial score (nSPS) is 10.7. The number of rotatable bonds is 11. The van der Waals surface area contributed by atoms with E-state index in [-0.39, 0.29) is 19.0 Å². The van der Waals surface area contributed by atoms with Crippen LogP contribution in [-0.4, -0.2) is 60.9 Å². The van der Waals surface area contributed by atoms with Crippen molar-refractivity contribution in [3.8, 4) is 23.0 Å². The van der Waals surface area contributed by atoms with Gasteiger partial charge < -0.3 is 25.2 Å². The van der Waals surface area contributed by atoms with Gasteiger partial charge in [-0.3, -0.25) is 9.48 Å². The Kier molecular flexibility index (Phi) is 7.66. The van der Waals surface area contributed by atoms with Gasteiger partial charge in [0, 0.05) is 25.7 Å². The van der Waals surface area contributed by atoms with Crippen molar-refractivity contribution in [2.75, 3.05) is 31.0 Å². The molecule has 0 radical (unpaired) electrons. The minimum atomic E-state index is -0.115. The first-order valence-corrected chi connectivity index (χ1v) is 11.2. The van der Waals surface area contributed by atoms with E-state index in [1.54, 1.807) is 38.2 Å². The Morgan fingerprint density at radius 1 is 1.06 bits per heavy atom. The minimum absolute atomic E-state index is 0.0664. The van der Waals surface area contributed by atoms with Crippen LogP contribution in [0.25, 0.3) is 11.4 Å². The number of ether oxygens (including phenoxy) is 2. The van der Waals surface area contributed by atoms with E-state index in [0.717, 1.165) is 0 Å². The molecule has 0 aliphatic heterocycles. The van der Waals surface area contributed by atoms with Gasteiger partial charge in [-0.2, -0.15) is 5.10 Å². The molecule has 12 nitrogen and oxygen atoms in total. The third kappa shape index (κ3) is 5.55. The number of nitrogens with zero attached hydrogens (tertiary/aromatic N) is 6. The first kappa shape index (κ1) is 24.5. The zero-order chi connectivity index (χ0) is 25.5. The van der Waals surface area contributed by atoms with Gasteiger partial charge in [-0.15, -0.1) is 0 Å². The molecule has 0 spiro atoms. The van der Waals surface area contributed by atoms with E-state index in [4.69, 9.17) is 14.6 Å². The summed E-state index contributed by atoms with van der Waals surface area (Å²) in [6.45, 7) is 1.81. The van der Waals surface area contributed by atoms with Crippen LogP contribution in [0.1, 0.15) is 23.7 Å². The van der Waals surface area contributed by atoms with E-state index in [1.165, 1.54) is 18.6 Å². The lowest BCUT2D eigenvalue weighted by Gasteiger charge is -2.17. The fourth-order valence-electron chi connectivity index (χ4n) is 3.42. The van der Waals surface area contributed by atoms with E-state index in [0.29, 0.717) is 58.0 Å². The molecular formula is C24H26N8O4. The van der Waals surface area contributed by atoms with Crippen LogP contribution in [0.2, 0.25) is 0 Å². The number of aryl methyl sites for hydroxylation is 1. The van der Waals surface area contributed by atoms with Gasteiger partial charge in [-0.25, -0.2) is 19.9 Å². The van der Waals surface area contributed by atoms with E-state index in [2.05, 4.69) is 35.7 Å². The van der Waals surface area contributed by atoms with Crippen LogP contribution in [-0.2, 0) is 7.05 Å². The van der Waals surface area contributed by atoms with Gasteiger partial charge in [0.1, 0.15) is 24.6 Å². The van der Waals surface area contributed by atoms with Gasteiger partial charge in [-0.05, 0) is 12.1 Å². The lowest BCUT2D eigenvalue weighted by atomic mass is 10.1. The van der Waals surface area contributed by atoms with Crippen LogP contribution < -0.4 is 20.1 Å². The Balaban J connectivity index is 1.65. The molecule has 0 aliphatic carbocycles. The van der Waals surface area contributed by atoms with Crippen molar-refractivity contribution in [2.45, 2.75) is 13.3 Å². The molecule has 36 heavy (non-hydrogen) atoms. The molecule has 1 aromatic carbocycles. The summed E-state index contributed by atoms with van der Waals surface area (Å²) in [5.41, 5.74) is 2.32. The number of methoxy groups -OCH3 is 1. The van der Waals surface area contributed by atoms with Crippen molar-refractivity contribution in [2.24, 2.45) is 7.05 Å². The number of Topliss-reactive ketones (excluding diaryl/α,β-unsaturated/α-hetero) is 1. The average Bonchev–Trinajstić information content (AvgIpc) is 3.34. The first-order valence-electron chi connectivity index (χ1n) is 11.2. The van der Waals surface area contributed by atoms with Crippen molar-refractivity contribution in [1.29, 1.82) is 0 Å². The minimum Gasteiger partial charge on any atom is -0.494 e. The van der Waals surface area contributed by atoms with Gasteiger partial charge in [0.15, 0.2) is 17.4 Å². The van der Waals surface area contributed by atoms with Crippen LogP contribution in [0.5, 0.6) is 11.6 Å². The highest BCUT2D eigenvalue weighted by molar-refractivity contribution is 6.02. The second-order valence-corrected chi connectivity index (χ2v) is 7.58. The Morgan fingerprint density at radius 3 is 2.56 bits per heavy atom. The van der Waals surface area contributed by atoms with Crippen LogP contribution in [0, 0.1) is 0 Å². The third-order valence-corrected chi connectivity index (χ3v) is 5.08. The molecule has 4 aromatic rings. The summed E-state index contributed by atoms with van der Waals surface area (Å²) < 4.78 is 12.5. The number of aliphatic hydroxyl groups excluding tert-OH is 1. The SMILES string of the molecule is CCC(=O)c1cnc(Nc2cnc(OCCO)cn2)cc1Nc1cccc(-c2ncn(C)n2)c1OC. The molecule has 3 aromatic heterocycles. The maximum atomic E-state index is 12.7. The predicted octanol–water partition coefficient (Wildman–Crippen LogP) is 3.13. The van der Waals surface area contributed by atoms with E-state index >= 15 is 0 Å². The lowest BCUT2D eigenvalue weighted by molar-refractivity contribution is 0.0988. The van der Waals surface area contributed by atoms with E-state index in [1.807, 2.05) is 18.2 Å². The van der Waals surface area contributed by atoms with Crippen molar-refractivity contribution in [1.82, 2.24) is 29.7 Å². The fraction of sp³-hybridized carbons (Fsp3) is 0.250. The summed E-state index contributed by atoms with van der Waals surface area (Å²) >= 11 is 0. The smallest absolute Gasteiger partial charge is 0.232 e. The number of benzene rings is 1. The van der Waals surface area contributed by atoms with Crippen molar-refractivity contribution >= 4 is 28.8 Å². The Bertz CT molecular complexity index is 1340. The van der Waals surface area contributed by atoms with E-state index in [9.17, 15) is 4.79 Å². The summed E-state index contributed by atoms with van der Waals surface area (Å²) in [5.74, 6) is 2.16. The van der Waals surface area contributed by atoms with Crippen LogP contribution in [0.15, 0.2) is 49.2 Å². The number of anilines is 4. The molecule has 0 aliphatic rings. The number of carbonyl (C=O) groups is 1. The highest BCUT2D eigenvalue weighted by Crippen LogP contribution is 2.37. The molecule has 186 valence electrons. The summed E-state index contributed by atoms with van der Waals surface area (Å²) in [5, 5.41) is 19.6. The summed E-state index contributed by atoms with van der Waals surface area (Å²) in [6.07, 6.45) is 6.37. The zero-order valence-electron chi connectivity index (χ0n) is 20.1. The summed E-state index contributed by atoms with van der Waals surface area (Å²) in [4.78, 5) is 29.7. The molecule has 3 heterocycles. The number of aliphatic hydroxyl groups is 1. The molecule has 4 rings (SSSR count). The Labute approximate surface area is 207 Å². The van der Waals surface area contributed by atoms with Gasteiger partial charge in [0.2, 0.25) is 5.88 Å². The van der Waals surface area contributed by atoms with Crippen molar-refractivity contribution < 1.29 is 19.4 Å². The monoisotopic (exact) mass is 490 g/mol. The second kappa shape index (κ2) is 11.2. The maximum Gasteiger partial charge on any atom is 0.232 e. The number of hydrogen-bond acceptors (Lipinski definition) is 11. The van der Waals surface area contributed by atoms with Gasteiger partial charge in [0.25, 0.3) is 0 Å². The number of pyridine rings is 1. The number of ketones is 1. The third-order valence-electron chi connectivity index (χ3n) is 5.08. The molecule has 12 heteroatoms. The molecule has 0 fully saturated rings. The lowest BCUT2D eigenvalue weighted by Crippen LogP contribution is -2.07. The molecule has 0 unspecified atom stereocenters. The topological polar surface area (TPSA) is 149 Å². The quantitative estimate of drug-likeness (QED) is 0.266. The summed E-state index contributed by atoms with van der Waals surface area (Å²) in [6, 6.07) is 7.28. The first-order chi connectivity index (χ1) is 17.5. The zero-order valence-corrected chi connectivity index (χ0v) is 20.1. The van der Waals surface area contributed by atoms with Gasteiger partial charge in [-0.1, -0.05) is 13.0 Å². The van der Waals surface area contributed by atoms with Gasteiger partial charge in [0.05, 0.1) is 48.6 Å². The molecule has 3 N–H and O–H groups in total. The maximum absolute atomic E-state index is 12.7. The fourth-order valence-corrected chi connectivity index (χ4v) is 3.42. The number of nitrogens with one attached hydrogen (secondary N) is 2. The molecule has 0 atom stereocenters. The second-order valence-electron chi connectivity index (χ2n) is 7.58. The highest BCUT2D eigenvalue weighted by Gasteiger charge is 2.18.